The minimum atomic E-state index is 0.341. The number of likely N-dealkylation sites (N-methyl/N-ethyl adjacent to an activating group) is 1. The standard InChI is InChI=1S/C12H27NO/c1-6-11(5)8-12(13-7-2)9-14-10(3)4/h10-13H,6-9H2,1-5H3. The summed E-state index contributed by atoms with van der Waals surface area (Å²) in [6.07, 6.45) is 2.81. The topological polar surface area (TPSA) is 21.3 Å². The second kappa shape index (κ2) is 8.25. The molecule has 2 heteroatoms. The summed E-state index contributed by atoms with van der Waals surface area (Å²) in [5.41, 5.74) is 0. The first-order valence-electron chi connectivity index (χ1n) is 5.95. The Morgan fingerprint density at radius 1 is 1.14 bits per heavy atom. The third-order valence-electron chi connectivity index (χ3n) is 2.51. The lowest BCUT2D eigenvalue weighted by molar-refractivity contribution is 0.0567. The lowest BCUT2D eigenvalue weighted by Crippen LogP contribution is -2.35. The van der Waals surface area contributed by atoms with Gasteiger partial charge in [0.05, 0.1) is 12.7 Å². The van der Waals surface area contributed by atoms with Gasteiger partial charge >= 0.3 is 0 Å². The van der Waals surface area contributed by atoms with E-state index in [9.17, 15) is 0 Å². The highest BCUT2D eigenvalue weighted by molar-refractivity contribution is 4.68. The van der Waals surface area contributed by atoms with Gasteiger partial charge in [-0.15, -0.1) is 0 Å². The van der Waals surface area contributed by atoms with Gasteiger partial charge in [-0.25, -0.2) is 0 Å². The molecule has 0 rings (SSSR count). The van der Waals surface area contributed by atoms with Crippen LogP contribution in [0.4, 0.5) is 0 Å². The molecule has 2 nitrogen and oxygen atoms in total. The van der Waals surface area contributed by atoms with Crippen molar-refractivity contribution in [3.63, 3.8) is 0 Å². The molecule has 1 N–H and O–H groups in total. The second-order valence-electron chi connectivity index (χ2n) is 4.39. The summed E-state index contributed by atoms with van der Waals surface area (Å²) in [5, 5.41) is 3.48. The summed E-state index contributed by atoms with van der Waals surface area (Å²) in [6.45, 7) is 12.8. The molecule has 0 heterocycles. The van der Waals surface area contributed by atoms with Gasteiger partial charge in [0.1, 0.15) is 0 Å². The Morgan fingerprint density at radius 3 is 2.21 bits per heavy atom. The fraction of sp³-hybridized carbons (Fsp3) is 1.00. The predicted octanol–water partition coefficient (Wildman–Crippen LogP) is 2.83. The fourth-order valence-corrected chi connectivity index (χ4v) is 1.46. The molecule has 0 saturated heterocycles. The van der Waals surface area contributed by atoms with Gasteiger partial charge in [-0.3, -0.25) is 0 Å². The van der Waals surface area contributed by atoms with Crippen LogP contribution in [0.25, 0.3) is 0 Å². The highest BCUT2D eigenvalue weighted by Gasteiger charge is 2.11. The van der Waals surface area contributed by atoms with Gasteiger partial charge in [-0.2, -0.15) is 0 Å². The number of nitrogens with one attached hydrogen (secondary N) is 1. The molecule has 0 amide bonds. The van der Waals surface area contributed by atoms with Crippen LogP contribution >= 0.6 is 0 Å². The van der Waals surface area contributed by atoms with Crippen molar-refractivity contribution < 1.29 is 4.74 Å². The Balaban J connectivity index is 3.76. The minimum absolute atomic E-state index is 0.341. The van der Waals surface area contributed by atoms with Crippen molar-refractivity contribution in [3.8, 4) is 0 Å². The molecule has 0 aliphatic carbocycles. The molecular weight excluding hydrogens is 174 g/mol. The van der Waals surface area contributed by atoms with Crippen LogP contribution in [-0.4, -0.2) is 25.3 Å². The van der Waals surface area contributed by atoms with E-state index < -0.39 is 0 Å². The average molecular weight is 201 g/mol. The van der Waals surface area contributed by atoms with E-state index in [1.54, 1.807) is 0 Å². The Bertz CT molecular complexity index is 125. The van der Waals surface area contributed by atoms with Gasteiger partial charge in [0, 0.05) is 6.04 Å². The van der Waals surface area contributed by atoms with Gasteiger partial charge in [0.15, 0.2) is 0 Å². The molecule has 0 aliphatic heterocycles. The van der Waals surface area contributed by atoms with Crippen LogP contribution in [0, 0.1) is 5.92 Å². The van der Waals surface area contributed by atoms with Gasteiger partial charge in [0.25, 0.3) is 0 Å². The predicted molar refractivity (Wildman–Crippen MR) is 62.6 cm³/mol. The van der Waals surface area contributed by atoms with Crippen LogP contribution < -0.4 is 5.32 Å². The first kappa shape index (κ1) is 13.9. The first-order valence-corrected chi connectivity index (χ1v) is 5.95. The Hall–Kier alpha value is -0.0800. The molecule has 86 valence electrons. The zero-order valence-corrected chi connectivity index (χ0v) is 10.5. The van der Waals surface area contributed by atoms with Crippen molar-refractivity contribution in [1.29, 1.82) is 0 Å². The van der Waals surface area contributed by atoms with Crippen LogP contribution in [0.3, 0.4) is 0 Å². The van der Waals surface area contributed by atoms with Gasteiger partial charge in [-0.05, 0) is 32.7 Å². The second-order valence-corrected chi connectivity index (χ2v) is 4.39. The van der Waals surface area contributed by atoms with E-state index in [0.29, 0.717) is 12.1 Å². The minimum Gasteiger partial charge on any atom is -0.377 e. The third-order valence-corrected chi connectivity index (χ3v) is 2.51. The molecular formula is C12H27NO. The largest absolute Gasteiger partial charge is 0.377 e. The number of rotatable bonds is 8. The van der Waals surface area contributed by atoms with Crippen LogP contribution in [0.2, 0.25) is 0 Å². The molecule has 2 atom stereocenters. The number of hydrogen-bond donors (Lipinski definition) is 1. The van der Waals surface area contributed by atoms with Crippen LogP contribution in [0.15, 0.2) is 0 Å². The summed E-state index contributed by atoms with van der Waals surface area (Å²) in [4.78, 5) is 0. The SMILES string of the molecule is CCNC(COC(C)C)CC(C)CC. The highest BCUT2D eigenvalue weighted by atomic mass is 16.5. The van der Waals surface area contributed by atoms with E-state index in [0.717, 1.165) is 19.1 Å². The molecule has 0 spiro atoms. The van der Waals surface area contributed by atoms with Gasteiger partial charge in [-0.1, -0.05) is 27.2 Å². The van der Waals surface area contributed by atoms with E-state index in [4.69, 9.17) is 4.74 Å². The van der Waals surface area contributed by atoms with E-state index in [1.165, 1.54) is 12.8 Å². The molecule has 0 aromatic rings. The molecule has 0 radical (unpaired) electrons. The Kier molecular flexibility index (Phi) is 8.20. The van der Waals surface area contributed by atoms with Crippen molar-refractivity contribution in [2.75, 3.05) is 13.2 Å². The number of hydrogen-bond acceptors (Lipinski definition) is 2. The lowest BCUT2D eigenvalue weighted by Gasteiger charge is -2.22. The van der Waals surface area contributed by atoms with Crippen molar-refractivity contribution in [3.05, 3.63) is 0 Å². The third kappa shape index (κ3) is 7.34. The van der Waals surface area contributed by atoms with Crippen molar-refractivity contribution in [2.24, 2.45) is 5.92 Å². The Labute approximate surface area is 89.4 Å². The van der Waals surface area contributed by atoms with E-state index in [1.807, 2.05) is 0 Å². The van der Waals surface area contributed by atoms with Gasteiger partial charge < -0.3 is 10.1 Å². The Morgan fingerprint density at radius 2 is 1.79 bits per heavy atom. The monoisotopic (exact) mass is 201 g/mol. The molecule has 2 unspecified atom stereocenters. The molecule has 0 aliphatic rings. The molecule has 14 heavy (non-hydrogen) atoms. The number of ether oxygens (including phenoxy) is 1. The van der Waals surface area contributed by atoms with Crippen molar-refractivity contribution in [1.82, 2.24) is 5.32 Å². The summed E-state index contributed by atoms with van der Waals surface area (Å²) < 4.78 is 5.64. The summed E-state index contributed by atoms with van der Waals surface area (Å²) in [7, 11) is 0. The maximum Gasteiger partial charge on any atom is 0.0623 e. The van der Waals surface area contributed by atoms with E-state index in [2.05, 4.69) is 39.9 Å². The highest BCUT2D eigenvalue weighted by Crippen LogP contribution is 2.10. The van der Waals surface area contributed by atoms with E-state index >= 15 is 0 Å². The average Bonchev–Trinajstić information content (AvgIpc) is 2.14. The first-order chi connectivity index (χ1) is 6.60. The van der Waals surface area contributed by atoms with Crippen LogP contribution in [-0.2, 0) is 4.74 Å². The molecule has 0 fully saturated rings. The molecule has 0 aromatic heterocycles. The lowest BCUT2D eigenvalue weighted by atomic mass is 10.00. The molecule has 0 bridgehead atoms. The normalized spacial score (nSPS) is 15.9. The zero-order valence-electron chi connectivity index (χ0n) is 10.5. The summed E-state index contributed by atoms with van der Waals surface area (Å²) in [5.74, 6) is 0.787. The quantitative estimate of drug-likeness (QED) is 0.652. The van der Waals surface area contributed by atoms with Gasteiger partial charge in [0.2, 0.25) is 0 Å². The molecule has 0 saturated carbocycles. The summed E-state index contributed by atoms with van der Waals surface area (Å²) >= 11 is 0. The smallest absolute Gasteiger partial charge is 0.0623 e. The fourth-order valence-electron chi connectivity index (χ4n) is 1.46. The van der Waals surface area contributed by atoms with Crippen molar-refractivity contribution >= 4 is 0 Å². The maximum absolute atomic E-state index is 5.64. The maximum atomic E-state index is 5.64. The summed E-state index contributed by atoms with van der Waals surface area (Å²) in [6, 6.07) is 0.525. The van der Waals surface area contributed by atoms with E-state index in [-0.39, 0.29) is 0 Å². The van der Waals surface area contributed by atoms with Crippen LogP contribution in [0.5, 0.6) is 0 Å². The molecule has 0 aromatic carbocycles. The van der Waals surface area contributed by atoms with Crippen molar-refractivity contribution in [2.45, 2.75) is 59.6 Å². The van der Waals surface area contributed by atoms with Crippen LogP contribution in [0.1, 0.15) is 47.5 Å². The zero-order chi connectivity index (χ0) is 11.0.